The van der Waals surface area contributed by atoms with Gasteiger partial charge in [-0.25, -0.2) is 10.8 Å². The fraction of sp³-hybridized carbons (Fsp3) is 0. The third-order valence-electron chi connectivity index (χ3n) is 3.00. The van der Waals surface area contributed by atoms with Crippen LogP contribution < -0.4 is 11.3 Å². The van der Waals surface area contributed by atoms with Crippen molar-refractivity contribution in [2.24, 2.45) is 5.84 Å². The molecule has 0 aliphatic heterocycles. The first kappa shape index (κ1) is 12.1. The van der Waals surface area contributed by atoms with Gasteiger partial charge in [0.05, 0.1) is 5.52 Å². The Kier molecular flexibility index (Phi) is 3.19. The Labute approximate surface area is 119 Å². The van der Waals surface area contributed by atoms with E-state index in [0.29, 0.717) is 5.82 Å². The second kappa shape index (κ2) is 4.99. The molecular weight excluding hydrogens is 302 g/mol. The molecule has 94 valence electrons. The predicted molar refractivity (Wildman–Crippen MR) is 82.7 cm³/mol. The highest BCUT2D eigenvalue weighted by Gasteiger charge is 2.08. The van der Waals surface area contributed by atoms with Gasteiger partial charge >= 0.3 is 0 Å². The van der Waals surface area contributed by atoms with Gasteiger partial charge in [-0.15, -0.1) is 0 Å². The fourth-order valence-corrected chi connectivity index (χ4v) is 2.44. The Morgan fingerprint density at radius 1 is 1.00 bits per heavy atom. The molecule has 0 radical (unpaired) electrons. The first-order chi connectivity index (χ1) is 9.28. The van der Waals surface area contributed by atoms with Crippen molar-refractivity contribution in [3.8, 4) is 11.1 Å². The van der Waals surface area contributed by atoms with E-state index in [2.05, 4.69) is 32.4 Å². The average molecular weight is 314 g/mol. The molecule has 0 saturated carbocycles. The number of nitrogens with one attached hydrogen (secondary N) is 1. The van der Waals surface area contributed by atoms with Crippen LogP contribution in [0, 0.1) is 0 Å². The molecule has 3 N–H and O–H groups in total. The number of hydrogen-bond acceptors (Lipinski definition) is 3. The number of pyridine rings is 1. The Bertz CT molecular complexity index is 726. The van der Waals surface area contributed by atoms with Crippen molar-refractivity contribution >= 4 is 32.7 Å². The molecule has 0 fully saturated rings. The third kappa shape index (κ3) is 2.32. The predicted octanol–water partition coefficient (Wildman–Crippen LogP) is 3.95. The van der Waals surface area contributed by atoms with Gasteiger partial charge in [0.15, 0.2) is 0 Å². The normalized spacial score (nSPS) is 10.6. The number of fused-ring (bicyclic) bond motifs is 1. The van der Waals surface area contributed by atoms with Crippen molar-refractivity contribution in [2.75, 3.05) is 5.43 Å². The second-order valence-electron chi connectivity index (χ2n) is 4.23. The first-order valence-electron chi connectivity index (χ1n) is 5.90. The molecule has 3 rings (SSSR count). The summed E-state index contributed by atoms with van der Waals surface area (Å²) in [7, 11) is 0. The van der Waals surface area contributed by atoms with Crippen LogP contribution in [0.5, 0.6) is 0 Å². The summed E-state index contributed by atoms with van der Waals surface area (Å²) in [5.41, 5.74) is 5.67. The number of hydrogen-bond donors (Lipinski definition) is 2. The van der Waals surface area contributed by atoms with Gasteiger partial charge in [0.2, 0.25) is 0 Å². The van der Waals surface area contributed by atoms with Crippen molar-refractivity contribution in [2.45, 2.75) is 0 Å². The van der Waals surface area contributed by atoms with Crippen LogP contribution in [0.25, 0.3) is 22.0 Å². The van der Waals surface area contributed by atoms with Crippen LogP contribution in [0.15, 0.2) is 59.1 Å². The molecule has 0 bridgehead atoms. The van der Waals surface area contributed by atoms with Crippen LogP contribution in [-0.4, -0.2) is 4.98 Å². The minimum absolute atomic E-state index is 0.678. The van der Waals surface area contributed by atoms with Crippen molar-refractivity contribution < 1.29 is 0 Å². The van der Waals surface area contributed by atoms with Crippen LogP contribution in [0.3, 0.4) is 0 Å². The lowest BCUT2D eigenvalue weighted by Gasteiger charge is -2.10. The monoisotopic (exact) mass is 313 g/mol. The smallest absolute Gasteiger partial charge is 0.148 e. The maximum Gasteiger partial charge on any atom is 0.148 e. The second-order valence-corrected chi connectivity index (χ2v) is 5.15. The standard InChI is InChI=1S/C15H12BrN3/c16-12-7-6-11-8-13(10-4-2-1-3-5-10)15(19-17)18-14(11)9-12/h1-9H,17H2,(H,18,19). The molecule has 0 unspecified atom stereocenters. The van der Waals surface area contributed by atoms with Gasteiger partial charge in [-0.1, -0.05) is 52.3 Å². The molecule has 3 aromatic rings. The number of halogens is 1. The summed E-state index contributed by atoms with van der Waals surface area (Å²) in [5.74, 6) is 6.27. The number of benzene rings is 2. The highest BCUT2D eigenvalue weighted by Crippen LogP contribution is 2.30. The molecular formula is C15H12BrN3. The molecule has 1 aromatic heterocycles. The molecule has 19 heavy (non-hydrogen) atoms. The Balaban J connectivity index is 2.27. The molecule has 0 saturated heterocycles. The van der Waals surface area contributed by atoms with Crippen molar-refractivity contribution in [3.05, 3.63) is 59.1 Å². The van der Waals surface area contributed by atoms with Gasteiger partial charge in [0.25, 0.3) is 0 Å². The lowest BCUT2D eigenvalue weighted by molar-refractivity contribution is 1.26. The van der Waals surface area contributed by atoms with Gasteiger partial charge in [0.1, 0.15) is 5.82 Å². The Morgan fingerprint density at radius 3 is 2.53 bits per heavy atom. The van der Waals surface area contributed by atoms with E-state index in [1.165, 1.54) is 0 Å². The molecule has 0 atom stereocenters. The summed E-state index contributed by atoms with van der Waals surface area (Å²) < 4.78 is 1.00. The van der Waals surface area contributed by atoms with E-state index >= 15 is 0 Å². The molecule has 0 aliphatic rings. The lowest BCUT2D eigenvalue weighted by atomic mass is 10.0. The lowest BCUT2D eigenvalue weighted by Crippen LogP contribution is -2.10. The van der Waals surface area contributed by atoms with Gasteiger partial charge in [0, 0.05) is 15.4 Å². The topological polar surface area (TPSA) is 50.9 Å². The average Bonchev–Trinajstić information content (AvgIpc) is 2.46. The summed E-state index contributed by atoms with van der Waals surface area (Å²) >= 11 is 3.45. The summed E-state index contributed by atoms with van der Waals surface area (Å²) in [6.07, 6.45) is 0. The Hall–Kier alpha value is -1.91. The maximum atomic E-state index is 5.59. The van der Waals surface area contributed by atoms with E-state index in [1.54, 1.807) is 0 Å². The number of nitrogen functional groups attached to an aromatic ring is 1. The highest BCUT2D eigenvalue weighted by atomic mass is 79.9. The van der Waals surface area contributed by atoms with Gasteiger partial charge in [-0.2, -0.15) is 0 Å². The Morgan fingerprint density at radius 2 is 1.79 bits per heavy atom. The van der Waals surface area contributed by atoms with Crippen LogP contribution in [0.4, 0.5) is 5.82 Å². The number of anilines is 1. The first-order valence-corrected chi connectivity index (χ1v) is 6.69. The maximum absolute atomic E-state index is 5.59. The number of nitrogens with two attached hydrogens (primary N) is 1. The van der Waals surface area contributed by atoms with E-state index in [9.17, 15) is 0 Å². The van der Waals surface area contributed by atoms with Gasteiger partial charge in [-0.3, -0.25) is 0 Å². The van der Waals surface area contributed by atoms with Crippen LogP contribution in [-0.2, 0) is 0 Å². The SMILES string of the molecule is NNc1nc2cc(Br)ccc2cc1-c1ccccc1. The third-order valence-corrected chi connectivity index (χ3v) is 3.49. The summed E-state index contributed by atoms with van der Waals surface area (Å²) in [5, 5.41) is 1.08. The van der Waals surface area contributed by atoms with Crippen molar-refractivity contribution in [1.29, 1.82) is 0 Å². The number of rotatable bonds is 2. The zero-order valence-corrected chi connectivity index (χ0v) is 11.7. The molecule has 0 aliphatic carbocycles. The summed E-state index contributed by atoms with van der Waals surface area (Å²) in [4.78, 5) is 4.56. The number of aromatic nitrogens is 1. The quantitative estimate of drug-likeness (QED) is 0.556. The van der Waals surface area contributed by atoms with E-state index in [-0.39, 0.29) is 0 Å². The minimum Gasteiger partial charge on any atom is -0.308 e. The van der Waals surface area contributed by atoms with E-state index < -0.39 is 0 Å². The van der Waals surface area contributed by atoms with Crippen LogP contribution in [0.1, 0.15) is 0 Å². The molecule has 1 heterocycles. The largest absolute Gasteiger partial charge is 0.308 e. The van der Waals surface area contributed by atoms with Crippen LogP contribution >= 0.6 is 15.9 Å². The molecule has 3 nitrogen and oxygen atoms in total. The summed E-state index contributed by atoms with van der Waals surface area (Å²) in [6.45, 7) is 0. The van der Waals surface area contributed by atoms with Gasteiger partial charge in [-0.05, 0) is 23.8 Å². The molecule has 4 heteroatoms. The van der Waals surface area contributed by atoms with Crippen molar-refractivity contribution in [3.63, 3.8) is 0 Å². The van der Waals surface area contributed by atoms with Crippen LogP contribution in [0.2, 0.25) is 0 Å². The van der Waals surface area contributed by atoms with E-state index in [4.69, 9.17) is 5.84 Å². The van der Waals surface area contributed by atoms with Gasteiger partial charge < -0.3 is 5.43 Å². The fourth-order valence-electron chi connectivity index (χ4n) is 2.09. The van der Waals surface area contributed by atoms with E-state index in [0.717, 1.165) is 26.5 Å². The van der Waals surface area contributed by atoms with Crippen molar-refractivity contribution in [1.82, 2.24) is 4.98 Å². The molecule has 0 spiro atoms. The minimum atomic E-state index is 0.678. The summed E-state index contributed by atoms with van der Waals surface area (Å²) in [6, 6.07) is 18.2. The number of nitrogens with zero attached hydrogens (tertiary/aromatic N) is 1. The molecule has 2 aromatic carbocycles. The zero-order valence-electron chi connectivity index (χ0n) is 10.1. The highest BCUT2D eigenvalue weighted by molar-refractivity contribution is 9.10. The zero-order chi connectivity index (χ0) is 13.2. The number of hydrazine groups is 1. The van der Waals surface area contributed by atoms with E-state index in [1.807, 2.05) is 48.5 Å². The molecule has 0 amide bonds.